The molecule has 0 aliphatic rings. The fourth-order valence-electron chi connectivity index (χ4n) is 1.27. The molecule has 0 aromatic rings. The molecule has 0 aromatic carbocycles. The average molecular weight is 166 g/mol. The largest absolute Gasteiger partial charge is 1.00 e. The number of rotatable bonds is 5. The summed E-state index contributed by atoms with van der Waals surface area (Å²) >= 11 is 0. The first-order valence-corrected chi connectivity index (χ1v) is 6.70. The van der Waals surface area contributed by atoms with Gasteiger partial charge >= 0.3 is 18.9 Å². The van der Waals surface area contributed by atoms with Crippen LogP contribution in [0.3, 0.4) is 0 Å². The van der Waals surface area contributed by atoms with Gasteiger partial charge in [-0.25, -0.2) is 0 Å². The van der Waals surface area contributed by atoms with E-state index < -0.39 is 8.32 Å². The third kappa shape index (κ3) is 4.37. The molecule has 0 heterocycles. The van der Waals surface area contributed by atoms with E-state index in [0.717, 1.165) is 0 Å². The van der Waals surface area contributed by atoms with Gasteiger partial charge < -0.3 is 11.3 Å². The van der Waals surface area contributed by atoms with Crippen molar-refractivity contribution in [1.29, 1.82) is 0 Å². The van der Waals surface area contributed by atoms with Gasteiger partial charge in [0.1, 0.15) is 0 Å². The second kappa shape index (κ2) is 7.42. The van der Waals surface area contributed by atoms with Crippen molar-refractivity contribution in [2.24, 2.45) is 0 Å². The van der Waals surface area contributed by atoms with E-state index >= 15 is 0 Å². The fraction of sp³-hybridized carbons (Fsp3) is 0.875. The van der Waals surface area contributed by atoms with Crippen molar-refractivity contribution in [2.75, 3.05) is 6.61 Å². The summed E-state index contributed by atoms with van der Waals surface area (Å²) in [4.78, 5) is 0. The second-order valence-corrected chi connectivity index (χ2v) is 7.37. The molecule has 0 aromatic heterocycles. The Morgan fingerprint density at radius 2 is 1.45 bits per heavy atom. The maximum atomic E-state index is 5.70. The van der Waals surface area contributed by atoms with Crippen LogP contribution in [0, 0.1) is 6.92 Å². The molecule has 0 rings (SSSR count). The number of hydrogen-bond donors (Lipinski definition) is 0. The average Bonchev–Trinajstić information content (AvgIpc) is 2.01. The van der Waals surface area contributed by atoms with Gasteiger partial charge in [0.15, 0.2) is 8.32 Å². The molecule has 0 fully saturated rings. The van der Waals surface area contributed by atoms with Crippen LogP contribution in [0.4, 0.5) is 0 Å². The van der Waals surface area contributed by atoms with Gasteiger partial charge in [-0.1, -0.05) is 27.4 Å². The van der Waals surface area contributed by atoms with E-state index in [1.807, 2.05) is 0 Å². The fourth-order valence-corrected chi connectivity index (χ4v) is 3.82. The summed E-state index contributed by atoms with van der Waals surface area (Å²) in [5.74, 6) is 0. The van der Waals surface area contributed by atoms with Crippen molar-refractivity contribution in [2.45, 2.75) is 38.9 Å². The molecular weight excluding hydrogens is 147 g/mol. The van der Waals surface area contributed by atoms with Gasteiger partial charge in [0.25, 0.3) is 0 Å². The normalized spacial score (nSPS) is 10.9. The molecule has 0 atom stereocenters. The topological polar surface area (TPSA) is 9.23 Å². The zero-order valence-electron chi connectivity index (χ0n) is 8.44. The van der Waals surface area contributed by atoms with Gasteiger partial charge in [-0.15, -0.1) is 0 Å². The predicted octanol–water partition coefficient (Wildman–Crippen LogP) is -0.154. The minimum Gasteiger partial charge on any atom is -0.448 e. The van der Waals surface area contributed by atoms with Crippen molar-refractivity contribution in [1.82, 2.24) is 0 Å². The summed E-state index contributed by atoms with van der Waals surface area (Å²) < 4.78 is 5.70. The molecule has 11 heavy (non-hydrogen) atoms. The molecule has 0 bridgehead atoms. The molecule has 0 spiro atoms. The molecule has 0 aliphatic heterocycles. The molecule has 0 saturated carbocycles. The molecule has 0 radical (unpaired) electrons. The first kappa shape index (κ1) is 14.3. The molecular formula is C8H19LiOSi. The van der Waals surface area contributed by atoms with Crippen molar-refractivity contribution in [3.05, 3.63) is 6.92 Å². The van der Waals surface area contributed by atoms with E-state index in [1.165, 1.54) is 18.1 Å². The minimum atomic E-state index is -1.28. The van der Waals surface area contributed by atoms with Gasteiger partial charge in [0.05, 0.1) is 0 Å². The van der Waals surface area contributed by atoms with Crippen LogP contribution >= 0.6 is 0 Å². The summed E-state index contributed by atoms with van der Waals surface area (Å²) in [7, 11) is -1.28. The van der Waals surface area contributed by atoms with Gasteiger partial charge in [0.2, 0.25) is 0 Å². The van der Waals surface area contributed by atoms with E-state index in [9.17, 15) is 0 Å². The van der Waals surface area contributed by atoms with Gasteiger partial charge in [-0.3, -0.25) is 0 Å². The van der Waals surface area contributed by atoms with Crippen LogP contribution in [0.1, 0.15) is 20.8 Å². The summed E-state index contributed by atoms with van der Waals surface area (Å²) in [6, 6.07) is 3.70. The Labute approximate surface area is 84.2 Å². The molecule has 0 N–H and O–H groups in total. The Morgan fingerprint density at radius 3 is 1.55 bits per heavy atom. The molecule has 1 nitrogen and oxygen atoms in total. The van der Waals surface area contributed by atoms with Crippen LogP contribution < -0.4 is 18.9 Å². The van der Waals surface area contributed by atoms with E-state index in [4.69, 9.17) is 4.43 Å². The van der Waals surface area contributed by atoms with E-state index in [1.54, 1.807) is 0 Å². The van der Waals surface area contributed by atoms with Crippen LogP contribution in [-0.4, -0.2) is 14.9 Å². The van der Waals surface area contributed by atoms with Gasteiger partial charge in [0, 0.05) is 0 Å². The Hall–Kier alpha value is 0.774. The van der Waals surface area contributed by atoms with Crippen LogP contribution in [0.2, 0.25) is 18.1 Å². The van der Waals surface area contributed by atoms with Crippen LogP contribution in [-0.2, 0) is 4.43 Å². The Balaban J connectivity index is 0. The van der Waals surface area contributed by atoms with E-state index in [2.05, 4.69) is 27.7 Å². The quantitative estimate of drug-likeness (QED) is 0.407. The van der Waals surface area contributed by atoms with Crippen LogP contribution in [0.5, 0.6) is 0 Å². The van der Waals surface area contributed by atoms with Crippen molar-refractivity contribution in [3.63, 3.8) is 0 Å². The third-order valence-corrected chi connectivity index (χ3v) is 7.02. The van der Waals surface area contributed by atoms with Crippen LogP contribution in [0.15, 0.2) is 0 Å². The first-order valence-electron chi connectivity index (χ1n) is 4.17. The molecule has 3 heteroatoms. The SMILES string of the molecule is [CH2-]CO[Si](CC)(CC)CC.[Li+]. The maximum Gasteiger partial charge on any atom is 1.00 e. The summed E-state index contributed by atoms with van der Waals surface area (Å²) in [5.41, 5.74) is 0. The molecule has 0 saturated heterocycles. The number of hydrogen-bond acceptors (Lipinski definition) is 1. The zero-order valence-corrected chi connectivity index (χ0v) is 9.44. The monoisotopic (exact) mass is 166 g/mol. The Morgan fingerprint density at radius 1 is 1.09 bits per heavy atom. The van der Waals surface area contributed by atoms with Gasteiger partial charge in [-0.2, -0.15) is 0 Å². The van der Waals surface area contributed by atoms with E-state index in [0.29, 0.717) is 6.61 Å². The van der Waals surface area contributed by atoms with Crippen molar-refractivity contribution < 1.29 is 23.3 Å². The van der Waals surface area contributed by atoms with E-state index in [-0.39, 0.29) is 18.9 Å². The Kier molecular flexibility index (Phi) is 9.66. The standard InChI is InChI=1S/C8H19OSi.Li/c1-5-9-10(6-2,7-3)8-4;/h1,5-8H2,2-4H3;/q-1;+1. The van der Waals surface area contributed by atoms with Crippen molar-refractivity contribution >= 4 is 8.32 Å². The smallest absolute Gasteiger partial charge is 0.448 e. The molecule has 0 amide bonds. The Bertz CT molecular complexity index is 75.9. The summed E-state index contributed by atoms with van der Waals surface area (Å²) in [5, 5.41) is 0. The second-order valence-electron chi connectivity index (χ2n) is 2.59. The minimum absolute atomic E-state index is 0. The molecule has 0 aliphatic carbocycles. The predicted molar refractivity (Wildman–Crippen MR) is 48.5 cm³/mol. The first-order chi connectivity index (χ1) is 4.74. The van der Waals surface area contributed by atoms with Crippen LogP contribution in [0.25, 0.3) is 0 Å². The van der Waals surface area contributed by atoms with Gasteiger partial charge in [-0.05, 0) is 18.1 Å². The zero-order chi connectivity index (χ0) is 8.04. The summed E-state index contributed by atoms with van der Waals surface area (Å²) in [6.07, 6.45) is 0. The third-order valence-electron chi connectivity index (χ3n) is 2.34. The molecule has 0 unspecified atom stereocenters. The maximum absolute atomic E-state index is 5.70. The van der Waals surface area contributed by atoms with Crippen molar-refractivity contribution in [3.8, 4) is 0 Å². The molecule has 62 valence electrons. The summed E-state index contributed by atoms with van der Waals surface area (Å²) in [6.45, 7) is 11.1.